The molecule has 3 aromatic rings. The summed E-state index contributed by atoms with van der Waals surface area (Å²) in [5, 5.41) is 2.98. The van der Waals surface area contributed by atoms with Gasteiger partial charge >= 0.3 is 0 Å². The molecule has 5 nitrogen and oxygen atoms in total. The Balaban J connectivity index is 1.33. The minimum Gasteiger partial charge on any atom is -0.459 e. The first kappa shape index (κ1) is 18.0. The lowest BCUT2D eigenvalue weighted by atomic mass is 10.0. The van der Waals surface area contributed by atoms with E-state index in [9.17, 15) is 9.59 Å². The summed E-state index contributed by atoms with van der Waals surface area (Å²) in [4.78, 5) is 26.7. The zero-order chi connectivity index (χ0) is 19.3. The number of piperidine rings is 1. The van der Waals surface area contributed by atoms with Crippen molar-refractivity contribution < 1.29 is 14.0 Å². The van der Waals surface area contributed by atoms with Crippen molar-refractivity contribution in [1.82, 2.24) is 10.2 Å². The molecule has 1 saturated heterocycles. The molecule has 1 aliphatic rings. The minimum atomic E-state index is -0.203. The summed E-state index contributed by atoms with van der Waals surface area (Å²) in [6, 6.07) is 21.2. The van der Waals surface area contributed by atoms with Crippen molar-refractivity contribution in [1.29, 1.82) is 0 Å². The van der Waals surface area contributed by atoms with Crippen LogP contribution in [0.5, 0.6) is 0 Å². The number of carbonyl (C=O) groups excluding carboxylic acids is 2. The topological polar surface area (TPSA) is 62.6 Å². The zero-order valence-electron chi connectivity index (χ0n) is 15.5. The number of nitrogens with zero attached hydrogens (tertiary/aromatic N) is 1. The summed E-state index contributed by atoms with van der Waals surface area (Å²) in [7, 11) is 0. The quantitative estimate of drug-likeness (QED) is 0.751. The first-order valence-corrected chi connectivity index (χ1v) is 9.50. The van der Waals surface area contributed by atoms with E-state index in [0.717, 1.165) is 24.0 Å². The molecule has 1 fully saturated rings. The largest absolute Gasteiger partial charge is 0.459 e. The van der Waals surface area contributed by atoms with Crippen molar-refractivity contribution in [2.75, 3.05) is 13.1 Å². The Morgan fingerprint density at radius 1 is 0.857 bits per heavy atom. The van der Waals surface area contributed by atoms with Crippen LogP contribution in [-0.4, -0.2) is 35.8 Å². The first-order chi connectivity index (χ1) is 13.7. The molecule has 2 heterocycles. The van der Waals surface area contributed by atoms with Crippen molar-refractivity contribution in [2.45, 2.75) is 18.9 Å². The van der Waals surface area contributed by atoms with Gasteiger partial charge in [0.25, 0.3) is 11.8 Å². The highest BCUT2D eigenvalue weighted by atomic mass is 16.3. The summed E-state index contributed by atoms with van der Waals surface area (Å²) >= 11 is 0. The van der Waals surface area contributed by atoms with Gasteiger partial charge in [0.05, 0.1) is 6.26 Å². The average molecular weight is 374 g/mol. The summed E-state index contributed by atoms with van der Waals surface area (Å²) in [5.74, 6) is 0.152. The molecule has 0 saturated carbocycles. The monoisotopic (exact) mass is 374 g/mol. The van der Waals surface area contributed by atoms with E-state index >= 15 is 0 Å². The Kier molecular flexibility index (Phi) is 5.24. The molecule has 0 unspecified atom stereocenters. The Morgan fingerprint density at radius 2 is 1.54 bits per heavy atom. The molecule has 0 aliphatic carbocycles. The van der Waals surface area contributed by atoms with Crippen molar-refractivity contribution >= 4 is 11.8 Å². The number of carbonyl (C=O) groups is 2. The van der Waals surface area contributed by atoms with Crippen LogP contribution < -0.4 is 5.32 Å². The molecule has 0 spiro atoms. The summed E-state index contributed by atoms with van der Waals surface area (Å²) in [6.45, 7) is 1.25. The van der Waals surface area contributed by atoms with Crippen molar-refractivity contribution in [2.24, 2.45) is 0 Å². The van der Waals surface area contributed by atoms with E-state index in [-0.39, 0.29) is 17.9 Å². The molecule has 1 aliphatic heterocycles. The second-order valence-electron chi connectivity index (χ2n) is 6.96. The normalized spacial score (nSPS) is 14.6. The number of likely N-dealkylation sites (tertiary alicyclic amines) is 1. The van der Waals surface area contributed by atoms with Crippen molar-refractivity contribution in [3.05, 3.63) is 84.3 Å². The number of rotatable bonds is 4. The highest BCUT2D eigenvalue weighted by molar-refractivity contribution is 5.95. The predicted molar refractivity (Wildman–Crippen MR) is 107 cm³/mol. The van der Waals surface area contributed by atoms with Crippen LogP contribution in [0.2, 0.25) is 0 Å². The van der Waals surface area contributed by atoms with Gasteiger partial charge in [0, 0.05) is 24.7 Å². The number of benzene rings is 2. The molecule has 2 aromatic carbocycles. The lowest BCUT2D eigenvalue weighted by Gasteiger charge is -2.32. The average Bonchev–Trinajstić information content (AvgIpc) is 3.30. The van der Waals surface area contributed by atoms with Crippen LogP contribution in [0.15, 0.2) is 77.4 Å². The summed E-state index contributed by atoms with van der Waals surface area (Å²) in [6.07, 6.45) is 2.96. The standard InChI is InChI=1S/C23H22N2O3/c26-22(21-7-4-16-28-21)24-20-12-14-25(15-13-20)23(27)19-10-8-18(9-11-19)17-5-2-1-3-6-17/h1-11,16,20H,12-15H2,(H,24,26). The van der Waals surface area contributed by atoms with E-state index in [1.807, 2.05) is 47.4 Å². The fourth-order valence-electron chi connectivity index (χ4n) is 3.51. The third-order valence-electron chi connectivity index (χ3n) is 5.10. The maximum absolute atomic E-state index is 12.8. The van der Waals surface area contributed by atoms with Crippen molar-refractivity contribution in [3.63, 3.8) is 0 Å². The number of furan rings is 1. The molecule has 0 bridgehead atoms. The lowest BCUT2D eigenvalue weighted by molar-refractivity contribution is 0.0695. The van der Waals surface area contributed by atoms with Crippen LogP contribution in [0.4, 0.5) is 0 Å². The first-order valence-electron chi connectivity index (χ1n) is 9.50. The molecule has 1 N–H and O–H groups in total. The molecule has 4 rings (SSSR count). The van der Waals surface area contributed by atoms with Crippen LogP contribution in [-0.2, 0) is 0 Å². The van der Waals surface area contributed by atoms with Gasteiger partial charge in [0.1, 0.15) is 0 Å². The number of nitrogens with one attached hydrogen (secondary N) is 1. The molecular weight excluding hydrogens is 352 g/mol. The Morgan fingerprint density at radius 3 is 2.18 bits per heavy atom. The number of hydrogen-bond donors (Lipinski definition) is 1. The van der Waals surface area contributed by atoms with Gasteiger partial charge in [-0.15, -0.1) is 0 Å². The van der Waals surface area contributed by atoms with E-state index in [1.165, 1.54) is 6.26 Å². The molecule has 0 atom stereocenters. The maximum atomic E-state index is 12.8. The van der Waals surface area contributed by atoms with Gasteiger partial charge in [-0.05, 0) is 48.2 Å². The second-order valence-corrected chi connectivity index (χ2v) is 6.96. The van der Waals surface area contributed by atoms with Gasteiger partial charge in [0.15, 0.2) is 5.76 Å². The van der Waals surface area contributed by atoms with Crippen LogP contribution in [0.1, 0.15) is 33.8 Å². The molecule has 1 aromatic heterocycles. The summed E-state index contributed by atoms with van der Waals surface area (Å²) < 4.78 is 5.12. The highest BCUT2D eigenvalue weighted by Gasteiger charge is 2.25. The Bertz CT molecular complexity index is 926. The van der Waals surface area contributed by atoms with Gasteiger partial charge in [-0.1, -0.05) is 42.5 Å². The Labute approximate surface area is 164 Å². The minimum absolute atomic E-state index is 0.0374. The van der Waals surface area contributed by atoms with Gasteiger partial charge in [0.2, 0.25) is 0 Å². The fourth-order valence-corrected chi connectivity index (χ4v) is 3.51. The Hall–Kier alpha value is -3.34. The molecular formula is C23H22N2O3. The van der Waals surface area contributed by atoms with Gasteiger partial charge < -0.3 is 14.6 Å². The molecule has 2 amide bonds. The zero-order valence-corrected chi connectivity index (χ0v) is 15.5. The van der Waals surface area contributed by atoms with Gasteiger partial charge in [-0.3, -0.25) is 9.59 Å². The lowest BCUT2D eigenvalue weighted by Crippen LogP contribution is -2.46. The molecule has 0 radical (unpaired) electrons. The van der Waals surface area contributed by atoms with Crippen LogP contribution >= 0.6 is 0 Å². The number of amides is 2. The molecule has 5 heteroatoms. The maximum Gasteiger partial charge on any atom is 0.287 e. The fraction of sp³-hybridized carbons (Fsp3) is 0.217. The SMILES string of the molecule is O=C(NC1CCN(C(=O)c2ccc(-c3ccccc3)cc2)CC1)c1ccco1. The molecule has 28 heavy (non-hydrogen) atoms. The van der Waals surface area contributed by atoms with E-state index in [1.54, 1.807) is 12.1 Å². The van der Waals surface area contributed by atoms with E-state index in [4.69, 9.17) is 4.42 Å². The predicted octanol–water partition coefficient (Wildman–Crippen LogP) is 3.98. The van der Waals surface area contributed by atoms with Crippen LogP contribution in [0, 0.1) is 0 Å². The van der Waals surface area contributed by atoms with E-state index in [2.05, 4.69) is 17.4 Å². The van der Waals surface area contributed by atoms with E-state index in [0.29, 0.717) is 24.4 Å². The van der Waals surface area contributed by atoms with Gasteiger partial charge in [-0.2, -0.15) is 0 Å². The van der Waals surface area contributed by atoms with E-state index < -0.39 is 0 Å². The molecule has 142 valence electrons. The summed E-state index contributed by atoms with van der Waals surface area (Å²) in [5.41, 5.74) is 2.92. The van der Waals surface area contributed by atoms with Crippen molar-refractivity contribution in [3.8, 4) is 11.1 Å². The van der Waals surface area contributed by atoms with Gasteiger partial charge in [-0.25, -0.2) is 0 Å². The third kappa shape index (κ3) is 3.98. The van der Waals surface area contributed by atoms with Crippen LogP contribution in [0.3, 0.4) is 0 Å². The smallest absolute Gasteiger partial charge is 0.287 e. The number of hydrogen-bond acceptors (Lipinski definition) is 3. The van der Waals surface area contributed by atoms with Crippen LogP contribution in [0.25, 0.3) is 11.1 Å². The highest BCUT2D eigenvalue weighted by Crippen LogP contribution is 2.21. The second kappa shape index (κ2) is 8.13. The third-order valence-corrected chi connectivity index (χ3v) is 5.10.